The van der Waals surface area contributed by atoms with Gasteiger partial charge in [-0.05, 0) is 72.1 Å². The van der Waals surface area contributed by atoms with Gasteiger partial charge in [-0.1, -0.05) is 19.1 Å². The van der Waals surface area contributed by atoms with E-state index in [4.69, 9.17) is 9.47 Å². The average Bonchev–Trinajstić information content (AvgIpc) is 3.33. The van der Waals surface area contributed by atoms with Crippen LogP contribution in [0.3, 0.4) is 0 Å². The number of aliphatic hydroxyl groups is 1. The van der Waals surface area contributed by atoms with Gasteiger partial charge in [0, 0.05) is 25.2 Å². The molecule has 8 heteroatoms. The predicted molar refractivity (Wildman–Crippen MR) is 141 cm³/mol. The Morgan fingerprint density at radius 3 is 2.51 bits per heavy atom. The molecule has 3 rings (SSSR count). The highest BCUT2D eigenvalue weighted by Crippen LogP contribution is 2.65. The zero-order chi connectivity index (χ0) is 27.6. The Hall–Kier alpha value is -2.19. The van der Waals surface area contributed by atoms with Crippen molar-refractivity contribution in [1.29, 1.82) is 0 Å². The molecule has 3 unspecified atom stereocenters. The van der Waals surface area contributed by atoms with E-state index in [9.17, 15) is 19.5 Å². The van der Waals surface area contributed by atoms with E-state index in [1.807, 2.05) is 34.6 Å². The van der Waals surface area contributed by atoms with Crippen LogP contribution in [0.5, 0.6) is 0 Å². The molecule has 0 aliphatic carbocycles. The van der Waals surface area contributed by atoms with Gasteiger partial charge in [0.1, 0.15) is 17.6 Å². The quantitative estimate of drug-likeness (QED) is 0.228. The second-order valence-corrected chi connectivity index (χ2v) is 12.0. The van der Waals surface area contributed by atoms with E-state index < -0.39 is 40.6 Å². The summed E-state index contributed by atoms with van der Waals surface area (Å²) in [6.45, 7) is 18.4. The fraction of sp³-hybridized carbons (Fsp3) is 0.759. The summed E-state index contributed by atoms with van der Waals surface area (Å²) in [5, 5.41) is 9.22. The molecular weight excluding hydrogens is 472 g/mol. The van der Waals surface area contributed by atoms with Crippen molar-refractivity contribution in [2.24, 2.45) is 17.8 Å². The first kappa shape index (κ1) is 29.4. The number of ether oxygens (including phenoxy) is 2. The fourth-order valence-electron chi connectivity index (χ4n) is 6.65. The monoisotopic (exact) mass is 518 g/mol. The first-order chi connectivity index (χ1) is 17.4. The summed E-state index contributed by atoms with van der Waals surface area (Å²) in [6.07, 6.45) is 7.42. The van der Waals surface area contributed by atoms with Crippen LogP contribution < -0.4 is 0 Å². The molecule has 2 bridgehead atoms. The molecule has 3 saturated heterocycles. The van der Waals surface area contributed by atoms with Gasteiger partial charge in [0.15, 0.2) is 0 Å². The smallest absolute Gasteiger partial charge is 0.312 e. The molecular formula is C29H46N2O6. The summed E-state index contributed by atoms with van der Waals surface area (Å²) in [5.41, 5.74) is -2.47. The number of fused-ring (bicyclic) bond motifs is 1. The standard InChI is InChI=1S/C29H46N2O6/c1-8-10-14-18-36-26(35)22-21-24(33)30(16-12-11-13-17-32)23(25(34)31(15-9-2)27(4,5)6)29(21)19-20(3)28(22,7)37-29/h8-9,20-23,32H,1-2,10-19H2,3-7H3/t20?,21-,22+,23?,28-,29?/m0/s1. The maximum Gasteiger partial charge on any atom is 0.312 e. The fourth-order valence-corrected chi connectivity index (χ4v) is 6.65. The number of amides is 2. The van der Waals surface area contributed by atoms with Gasteiger partial charge in [0.05, 0.1) is 18.1 Å². The third-order valence-corrected chi connectivity index (χ3v) is 8.54. The summed E-state index contributed by atoms with van der Waals surface area (Å²) < 4.78 is 12.4. The molecule has 3 fully saturated rings. The molecule has 0 aromatic rings. The normalized spacial score (nSPS) is 32.4. The van der Waals surface area contributed by atoms with E-state index in [0.29, 0.717) is 38.8 Å². The third kappa shape index (κ3) is 5.11. The van der Waals surface area contributed by atoms with Gasteiger partial charge in [0.25, 0.3) is 0 Å². The maximum atomic E-state index is 14.3. The largest absolute Gasteiger partial charge is 0.465 e. The van der Waals surface area contributed by atoms with Gasteiger partial charge in [-0.2, -0.15) is 0 Å². The molecule has 0 saturated carbocycles. The molecule has 37 heavy (non-hydrogen) atoms. The van der Waals surface area contributed by atoms with Crippen LogP contribution in [0.4, 0.5) is 0 Å². The Morgan fingerprint density at radius 1 is 1.22 bits per heavy atom. The molecule has 208 valence electrons. The highest BCUT2D eigenvalue weighted by Gasteiger charge is 2.80. The van der Waals surface area contributed by atoms with Crippen LogP contribution in [0, 0.1) is 17.8 Å². The van der Waals surface area contributed by atoms with Gasteiger partial charge in [-0.3, -0.25) is 14.4 Å². The Kier molecular flexibility index (Phi) is 8.95. The van der Waals surface area contributed by atoms with Crippen molar-refractivity contribution >= 4 is 17.8 Å². The van der Waals surface area contributed by atoms with Gasteiger partial charge in [0.2, 0.25) is 11.8 Å². The number of carbonyl (C=O) groups is 3. The van der Waals surface area contributed by atoms with Crippen molar-refractivity contribution in [3.05, 3.63) is 25.3 Å². The minimum atomic E-state index is -1.09. The van der Waals surface area contributed by atoms with Crippen molar-refractivity contribution < 1.29 is 29.0 Å². The van der Waals surface area contributed by atoms with Crippen molar-refractivity contribution in [3.63, 3.8) is 0 Å². The van der Waals surface area contributed by atoms with E-state index in [1.165, 1.54) is 0 Å². The van der Waals surface area contributed by atoms with E-state index in [2.05, 4.69) is 13.2 Å². The van der Waals surface area contributed by atoms with Crippen LogP contribution in [0.2, 0.25) is 0 Å². The van der Waals surface area contributed by atoms with Crippen LogP contribution in [-0.4, -0.2) is 81.8 Å². The number of likely N-dealkylation sites (tertiary alicyclic amines) is 1. The van der Waals surface area contributed by atoms with Crippen molar-refractivity contribution in [3.8, 4) is 0 Å². The number of rotatable bonds is 13. The van der Waals surface area contributed by atoms with Crippen LogP contribution >= 0.6 is 0 Å². The highest BCUT2D eigenvalue weighted by atomic mass is 16.6. The molecule has 0 radical (unpaired) electrons. The number of aliphatic hydroxyl groups excluding tert-OH is 1. The van der Waals surface area contributed by atoms with E-state index in [-0.39, 0.29) is 30.9 Å². The molecule has 3 aliphatic heterocycles. The number of esters is 1. The summed E-state index contributed by atoms with van der Waals surface area (Å²) in [4.78, 5) is 45.3. The first-order valence-corrected chi connectivity index (χ1v) is 13.7. The van der Waals surface area contributed by atoms with Crippen LogP contribution in [0.15, 0.2) is 25.3 Å². The number of nitrogens with zero attached hydrogens (tertiary/aromatic N) is 2. The zero-order valence-corrected chi connectivity index (χ0v) is 23.3. The molecule has 6 atom stereocenters. The van der Waals surface area contributed by atoms with E-state index in [0.717, 1.165) is 12.8 Å². The van der Waals surface area contributed by atoms with E-state index >= 15 is 0 Å². The Morgan fingerprint density at radius 2 is 1.92 bits per heavy atom. The highest BCUT2D eigenvalue weighted by molar-refractivity contribution is 5.98. The number of unbranched alkanes of at least 4 members (excludes halogenated alkanes) is 3. The molecule has 3 heterocycles. The second-order valence-electron chi connectivity index (χ2n) is 12.0. The minimum Gasteiger partial charge on any atom is -0.465 e. The van der Waals surface area contributed by atoms with E-state index in [1.54, 1.807) is 22.0 Å². The van der Waals surface area contributed by atoms with Gasteiger partial charge >= 0.3 is 5.97 Å². The average molecular weight is 519 g/mol. The number of hydrogen-bond donors (Lipinski definition) is 1. The SMILES string of the molecule is C=CCCCOC(=O)[C@H]1[C@H]2C(=O)N(CCCCCO)C(C(=O)N(CC=C)C(C)(C)C)C23CC(C)[C@]1(C)O3. The number of hydrogen-bond acceptors (Lipinski definition) is 6. The predicted octanol–water partition coefficient (Wildman–Crippen LogP) is 3.48. The zero-order valence-electron chi connectivity index (χ0n) is 23.3. The summed E-state index contributed by atoms with van der Waals surface area (Å²) >= 11 is 0. The Bertz CT molecular complexity index is 897. The van der Waals surface area contributed by atoms with Crippen LogP contribution in [0.1, 0.15) is 73.1 Å². The lowest BCUT2D eigenvalue weighted by Gasteiger charge is -2.42. The Balaban J connectivity index is 2.03. The summed E-state index contributed by atoms with van der Waals surface area (Å²) in [6, 6.07) is -0.832. The number of carbonyl (C=O) groups excluding carboxylic acids is 3. The maximum absolute atomic E-state index is 14.3. The molecule has 1 spiro atoms. The Labute approximate surface area is 222 Å². The van der Waals surface area contributed by atoms with Gasteiger partial charge < -0.3 is 24.4 Å². The second kappa shape index (κ2) is 11.3. The molecule has 1 N–H and O–H groups in total. The molecule has 8 nitrogen and oxygen atoms in total. The lowest BCUT2D eigenvalue weighted by Crippen LogP contribution is -2.60. The van der Waals surface area contributed by atoms with Gasteiger partial charge in [-0.25, -0.2) is 0 Å². The third-order valence-electron chi connectivity index (χ3n) is 8.54. The first-order valence-electron chi connectivity index (χ1n) is 13.7. The van der Waals surface area contributed by atoms with Crippen molar-refractivity contribution in [1.82, 2.24) is 9.80 Å². The summed E-state index contributed by atoms with van der Waals surface area (Å²) in [7, 11) is 0. The molecule has 0 aromatic heterocycles. The molecule has 0 aromatic carbocycles. The lowest BCUT2D eigenvalue weighted by atomic mass is 9.62. The van der Waals surface area contributed by atoms with Crippen molar-refractivity contribution in [2.75, 3.05) is 26.3 Å². The number of allylic oxidation sites excluding steroid dienone is 1. The van der Waals surface area contributed by atoms with Crippen molar-refractivity contribution in [2.45, 2.75) is 95.9 Å². The topological polar surface area (TPSA) is 96.4 Å². The van der Waals surface area contributed by atoms with Crippen LogP contribution in [-0.2, 0) is 23.9 Å². The summed E-state index contributed by atoms with van der Waals surface area (Å²) in [5.74, 6) is -2.38. The minimum absolute atomic E-state index is 0.0330. The van der Waals surface area contributed by atoms with Crippen LogP contribution in [0.25, 0.3) is 0 Å². The lowest BCUT2D eigenvalue weighted by molar-refractivity contribution is -0.163. The van der Waals surface area contributed by atoms with Gasteiger partial charge in [-0.15, -0.1) is 13.2 Å². The molecule has 2 amide bonds. The molecule has 3 aliphatic rings.